The first-order chi connectivity index (χ1) is 12.2. The molecule has 2 rings (SSSR count). The van der Waals surface area contributed by atoms with Crippen molar-refractivity contribution < 1.29 is 14.6 Å². The molecule has 0 fully saturated rings. The van der Waals surface area contributed by atoms with Crippen LogP contribution in [0.2, 0.25) is 0 Å². The van der Waals surface area contributed by atoms with Crippen LogP contribution in [-0.2, 0) is 6.54 Å². The Labute approximate surface area is 152 Å². The Morgan fingerprint density at radius 1 is 1.20 bits per heavy atom. The van der Waals surface area contributed by atoms with Crippen molar-refractivity contribution in [1.29, 1.82) is 0 Å². The van der Waals surface area contributed by atoms with Crippen molar-refractivity contribution in [3.8, 4) is 11.5 Å². The highest BCUT2D eigenvalue weighted by Gasteiger charge is 2.12. The number of aliphatic imine (C=N–C) groups is 1. The molecule has 0 radical (unpaired) electrons. The fraction of sp³-hybridized carbons (Fsp3) is 0.389. The Hall–Kier alpha value is -2.25. The van der Waals surface area contributed by atoms with E-state index < -0.39 is 6.10 Å². The van der Waals surface area contributed by atoms with Crippen LogP contribution in [0.15, 0.2) is 40.0 Å². The predicted molar refractivity (Wildman–Crippen MR) is 102 cm³/mol. The third-order valence-corrected chi connectivity index (χ3v) is 4.33. The number of rotatable bonds is 8. The molecule has 1 aromatic heterocycles. The normalized spacial score (nSPS) is 12.6. The number of ether oxygens (including phenoxy) is 2. The summed E-state index contributed by atoms with van der Waals surface area (Å²) in [7, 11) is 3.16. The van der Waals surface area contributed by atoms with Crippen LogP contribution in [0.3, 0.4) is 0 Å². The number of aliphatic hydroxyl groups is 1. The molecule has 0 aliphatic rings. The van der Waals surface area contributed by atoms with E-state index in [-0.39, 0.29) is 0 Å². The average molecular weight is 363 g/mol. The van der Waals surface area contributed by atoms with Gasteiger partial charge < -0.3 is 25.2 Å². The second kappa shape index (κ2) is 9.90. The van der Waals surface area contributed by atoms with Gasteiger partial charge in [-0.3, -0.25) is 0 Å². The molecule has 1 unspecified atom stereocenters. The minimum atomic E-state index is -0.690. The summed E-state index contributed by atoms with van der Waals surface area (Å²) in [4.78, 5) is 4.53. The van der Waals surface area contributed by atoms with Crippen LogP contribution in [0.4, 0.5) is 0 Å². The van der Waals surface area contributed by atoms with E-state index in [1.54, 1.807) is 37.7 Å². The number of nitrogens with zero attached hydrogens (tertiary/aromatic N) is 1. The number of thiophene rings is 1. The number of benzene rings is 1. The number of aliphatic hydroxyl groups excluding tert-OH is 1. The van der Waals surface area contributed by atoms with Crippen LogP contribution >= 0.6 is 11.3 Å². The first-order valence-electron chi connectivity index (χ1n) is 8.11. The van der Waals surface area contributed by atoms with Gasteiger partial charge in [0.2, 0.25) is 0 Å². The van der Waals surface area contributed by atoms with Gasteiger partial charge in [0.25, 0.3) is 0 Å². The Balaban J connectivity index is 1.98. The van der Waals surface area contributed by atoms with Gasteiger partial charge in [0, 0.05) is 13.1 Å². The van der Waals surface area contributed by atoms with Crippen molar-refractivity contribution in [2.45, 2.75) is 19.6 Å². The largest absolute Gasteiger partial charge is 0.493 e. The van der Waals surface area contributed by atoms with Gasteiger partial charge in [0.1, 0.15) is 0 Å². The van der Waals surface area contributed by atoms with Gasteiger partial charge in [-0.2, -0.15) is 11.3 Å². The van der Waals surface area contributed by atoms with Gasteiger partial charge in [0.15, 0.2) is 17.5 Å². The summed E-state index contributed by atoms with van der Waals surface area (Å²) in [6.07, 6.45) is -0.690. The number of hydrogen-bond donors (Lipinski definition) is 3. The van der Waals surface area contributed by atoms with Crippen LogP contribution in [0.25, 0.3) is 0 Å². The van der Waals surface area contributed by atoms with Gasteiger partial charge in [-0.25, -0.2) is 4.99 Å². The van der Waals surface area contributed by atoms with Gasteiger partial charge >= 0.3 is 0 Å². The fourth-order valence-electron chi connectivity index (χ4n) is 2.27. The molecule has 0 saturated carbocycles. The maximum Gasteiger partial charge on any atom is 0.191 e. The van der Waals surface area contributed by atoms with Gasteiger partial charge in [-0.1, -0.05) is 6.07 Å². The molecular formula is C18H25N3O3S. The molecule has 0 spiro atoms. The van der Waals surface area contributed by atoms with E-state index in [2.05, 4.69) is 27.1 Å². The van der Waals surface area contributed by atoms with Crippen LogP contribution in [0.1, 0.15) is 24.2 Å². The van der Waals surface area contributed by atoms with E-state index in [9.17, 15) is 5.11 Å². The number of methoxy groups -OCH3 is 2. The molecule has 136 valence electrons. The summed E-state index contributed by atoms with van der Waals surface area (Å²) in [5, 5.41) is 20.9. The second-order valence-electron chi connectivity index (χ2n) is 5.34. The molecule has 6 nitrogen and oxygen atoms in total. The zero-order valence-electron chi connectivity index (χ0n) is 14.8. The molecule has 0 aliphatic carbocycles. The van der Waals surface area contributed by atoms with E-state index >= 15 is 0 Å². The van der Waals surface area contributed by atoms with Crippen molar-refractivity contribution in [2.75, 3.05) is 27.3 Å². The maximum absolute atomic E-state index is 10.4. The summed E-state index contributed by atoms with van der Waals surface area (Å²) in [6, 6.07) is 7.44. The molecule has 7 heteroatoms. The zero-order chi connectivity index (χ0) is 18.1. The van der Waals surface area contributed by atoms with Crippen molar-refractivity contribution in [2.24, 2.45) is 4.99 Å². The van der Waals surface area contributed by atoms with Gasteiger partial charge in [-0.05, 0) is 47.0 Å². The van der Waals surface area contributed by atoms with E-state index in [1.807, 2.05) is 18.4 Å². The maximum atomic E-state index is 10.4. The smallest absolute Gasteiger partial charge is 0.191 e. The summed E-state index contributed by atoms with van der Waals surface area (Å²) < 4.78 is 10.5. The lowest BCUT2D eigenvalue weighted by Crippen LogP contribution is -2.39. The average Bonchev–Trinajstić information content (AvgIpc) is 3.16. The molecule has 25 heavy (non-hydrogen) atoms. The second-order valence-corrected chi connectivity index (χ2v) is 6.12. The summed E-state index contributed by atoms with van der Waals surface area (Å²) in [6.45, 7) is 3.70. The predicted octanol–water partition coefficient (Wildman–Crippen LogP) is 2.55. The molecule has 1 atom stereocenters. The highest BCUT2D eigenvalue weighted by Crippen LogP contribution is 2.29. The van der Waals surface area contributed by atoms with Crippen LogP contribution in [0.5, 0.6) is 11.5 Å². The molecular weight excluding hydrogens is 338 g/mol. The molecule has 0 bridgehead atoms. The SMILES string of the molecule is CCNC(=NCc1ccsc1)NCC(O)c1ccc(OC)c(OC)c1. The van der Waals surface area contributed by atoms with Crippen molar-refractivity contribution in [3.05, 3.63) is 46.2 Å². The van der Waals surface area contributed by atoms with E-state index in [1.165, 1.54) is 5.56 Å². The number of nitrogens with one attached hydrogen (secondary N) is 2. The van der Waals surface area contributed by atoms with Crippen molar-refractivity contribution >= 4 is 17.3 Å². The highest BCUT2D eigenvalue weighted by atomic mass is 32.1. The topological polar surface area (TPSA) is 75.1 Å². The molecule has 3 N–H and O–H groups in total. The zero-order valence-corrected chi connectivity index (χ0v) is 15.6. The quantitative estimate of drug-likeness (QED) is 0.496. The van der Waals surface area contributed by atoms with Crippen LogP contribution in [-0.4, -0.2) is 38.4 Å². The fourth-order valence-corrected chi connectivity index (χ4v) is 2.93. The molecule has 0 amide bonds. The Bertz CT molecular complexity index is 674. The molecule has 2 aromatic rings. The number of hydrogen-bond acceptors (Lipinski definition) is 5. The van der Waals surface area contributed by atoms with E-state index in [0.717, 1.165) is 12.1 Å². The lowest BCUT2D eigenvalue weighted by molar-refractivity contribution is 0.180. The van der Waals surface area contributed by atoms with Crippen molar-refractivity contribution in [1.82, 2.24) is 10.6 Å². The summed E-state index contributed by atoms with van der Waals surface area (Å²) in [5.41, 5.74) is 1.92. The van der Waals surface area contributed by atoms with Gasteiger partial charge in [0.05, 0.1) is 26.9 Å². The Kier molecular flexibility index (Phi) is 7.56. The lowest BCUT2D eigenvalue weighted by Gasteiger charge is -2.17. The standard InChI is InChI=1S/C18H25N3O3S/c1-4-19-18(20-10-13-7-8-25-12-13)21-11-15(22)14-5-6-16(23-2)17(9-14)24-3/h5-9,12,15,22H,4,10-11H2,1-3H3,(H2,19,20,21). The summed E-state index contributed by atoms with van der Waals surface area (Å²) in [5.74, 6) is 1.90. The minimum absolute atomic E-state index is 0.338. The Morgan fingerprint density at radius 3 is 2.64 bits per heavy atom. The molecule has 0 saturated heterocycles. The minimum Gasteiger partial charge on any atom is -0.493 e. The number of guanidine groups is 1. The van der Waals surface area contributed by atoms with E-state index in [4.69, 9.17) is 9.47 Å². The summed E-state index contributed by atoms with van der Waals surface area (Å²) >= 11 is 1.65. The third kappa shape index (κ3) is 5.65. The molecule has 1 heterocycles. The first-order valence-corrected chi connectivity index (χ1v) is 9.05. The van der Waals surface area contributed by atoms with Gasteiger partial charge in [-0.15, -0.1) is 0 Å². The van der Waals surface area contributed by atoms with Crippen LogP contribution < -0.4 is 20.1 Å². The third-order valence-electron chi connectivity index (χ3n) is 3.60. The first kappa shape index (κ1) is 19.1. The van der Waals surface area contributed by atoms with Crippen molar-refractivity contribution in [3.63, 3.8) is 0 Å². The highest BCUT2D eigenvalue weighted by molar-refractivity contribution is 7.07. The lowest BCUT2D eigenvalue weighted by atomic mass is 10.1. The van der Waals surface area contributed by atoms with E-state index in [0.29, 0.717) is 30.5 Å². The van der Waals surface area contributed by atoms with Crippen LogP contribution in [0, 0.1) is 0 Å². The monoisotopic (exact) mass is 363 g/mol. The molecule has 1 aromatic carbocycles. The molecule has 0 aliphatic heterocycles. The Morgan fingerprint density at radius 2 is 2.00 bits per heavy atom.